The Bertz CT molecular complexity index is 330. The zero-order valence-electron chi connectivity index (χ0n) is 8.26. The highest BCUT2D eigenvalue weighted by atomic mass is 35.5. The molecular weight excluding hydrogens is 196 g/mol. The van der Waals surface area contributed by atoms with Crippen LogP contribution in [-0.2, 0) is 0 Å². The first-order valence-corrected chi connectivity index (χ1v) is 5.02. The standard InChI is InChI=1S/C11H13ClN2/c1-8(10-4-3-5-10)6-11(7-13)14-9(2)12/h6,10H,2-5H2,1H3/b8-6+,14-11?. The van der Waals surface area contributed by atoms with Gasteiger partial charge < -0.3 is 0 Å². The first-order chi connectivity index (χ1) is 6.63. The number of hydrogen-bond donors (Lipinski definition) is 0. The molecule has 0 aromatic heterocycles. The number of allylic oxidation sites excluding steroid dienone is 2. The molecule has 1 aliphatic rings. The van der Waals surface area contributed by atoms with Crippen LogP contribution in [0, 0.1) is 17.2 Å². The summed E-state index contributed by atoms with van der Waals surface area (Å²) in [7, 11) is 0. The van der Waals surface area contributed by atoms with E-state index in [0.717, 1.165) is 0 Å². The van der Waals surface area contributed by atoms with Crippen molar-refractivity contribution in [2.24, 2.45) is 10.9 Å². The van der Waals surface area contributed by atoms with Crippen LogP contribution in [0.4, 0.5) is 0 Å². The number of rotatable bonds is 3. The molecule has 0 atom stereocenters. The lowest BCUT2D eigenvalue weighted by Crippen LogP contribution is -2.12. The summed E-state index contributed by atoms with van der Waals surface area (Å²) in [4.78, 5) is 3.83. The average molecular weight is 209 g/mol. The molecule has 0 saturated heterocycles. The summed E-state index contributed by atoms with van der Waals surface area (Å²) in [5.41, 5.74) is 1.56. The highest BCUT2D eigenvalue weighted by Gasteiger charge is 2.18. The van der Waals surface area contributed by atoms with Gasteiger partial charge in [0.2, 0.25) is 0 Å². The second-order valence-corrected chi connectivity index (χ2v) is 3.94. The average Bonchev–Trinajstić information content (AvgIpc) is 1.98. The molecule has 0 bridgehead atoms. The Morgan fingerprint density at radius 3 is 2.64 bits per heavy atom. The summed E-state index contributed by atoms with van der Waals surface area (Å²) in [6, 6.07) is 2.00. The fourth-order valence-electron chi connectivity index (χ4n) is 1.42. The SMILES string of the molecule is C=C(Cl)N=C(C#N)/C=C(\C)C1CCC1. The van der Waals surface area contributed by atoms with Crippen molar-refractivity contribution in [1.29, 1.82) is 5.26 Å². The van der Waals surface area contributed by atoms with E-state index in [1.807, 2.05) is 13.0 Å². The van der Waals surface area contributed by atoms with Crippen LogP contribution < -0.4 is 0 Å². The molecule has 1 rings (SSSR count). The third kappa shape index (κ3) is 3.01. The Hall–Kier alpha value is -1.07. The van der Waals surface area contributed by atoms with Gasteiger partial charge in [-0.05, 0) is 31.8 Å². The van der Waals surface area contributed by atoms with Gasteiger partial charge >= 0.3 is 0 Å². The van der Waals surface area contributed by atoms with E-state index in [2.05, 4.69) is 11.6 Å². The van der Waals surface area contributed by atoms with Crippen LogP contribution in [-0.4, -0.2) is 5.71 Å². The van der Waals surface area contributed by atoms with Crippen molar-refractivity contribution in [3.8, 4) is 6.07 Å². The van der Waals surface area contributed by atoms with Crippen LogP contribution in [0.3, 0.4) is 0 Å². The van der Waals surface area contributed by atoms with Crippen molar-refractivity contribution in [1.82, 2.24) is 0 Å². The van der Waals surface area contributed by atoms with Gasteiger partial charge in [-0.3, -0.25) is 0 Å². The maximum absolute atomic E-state index is 8.77. The summed E-state index contributed by atoms with van der Waals surface area (Å²) >= 11 is 5.50. The summed E-state index contributed by atoms with van der Waals surface area (Å²) in [6.45, 7) is 5.46. The predicted octanol–water partition coefficient (Wildman–Crippen LogP) is 3.41. The molecule has 0 heterocycles. The molecule has 0 aliphatic heterocycles. The number of hydrogen-bond acceptors (Lipinski definition) is 2. The number of nitriles is 1. The van der Waals surface area contributed by atoms with E-state index < -0.39 is 0 Å². The molecule has 1 aliphatic carbocycles. The first kappa shape index (κ1) is 11.0. The topological polar surface area (TPSA) is 36.1 Å². The van der Waals surface area contributed by atoms with Gasteiger partial charge in [-0.2, -0.15) is 5.26 Å². The Morgan fingerprint density at radius 2 is 2.29 bits per heavy atom. The zero-order chi connectivity index (χ0) is 10.6. The second kappa shape index (κ2) is 4.97. The van der Waals surface area contributed by atoms with Crippen molar-refractivity contribution >= 4 is 17.3 Å². The molecule has 74 valence electrons. The highest BCUT2D eigenvalue weighted by Crippen LogP contribution is 2.32. The lowest BCUT2D eigenvalue weighted by atomic mass is 9.80. The molecule has 0 unspecified atom stereocenters. The van der Waals surface area contributed by atoms with E-state index in [1.165, 1.54) is 24.8 Å². The van der Waals surface area contributed by atoms with Crippen LogP contribution in [0.1, 0.15) is 26.2 Å². The molecule has 0 aromatic rings. The van der Waals surface area contributed by atoms with Crippen LogP contribution in [0.5, 0.6) is 0 Å². The summed E-state index contributed by atoms with van der Waals surface area (Å²) < 4.78 is 0. The minimum atomic E-state index is 0.152. The highest BCUT2D eigenvalue weighted by molar-refractivity contribution is 6.30. The van der Waals surface area contributed by atoms with Gasteiger partial charge in [0.1, 0.15) is 16.9 Å². The van der Waals surface area contributed by atoms with Crippen molar-refractivity contribution < 1.29 is 0 Å². The lowest BCUT2D eigenvalue weighted by Gasteiger charge is -2.26. The summed E-state index contributed by atoms with van der Waals surface area (Å²) in [6.07, 6.45) is 5.54. The van der Waals surface area contributed by atoms with E-state index >= 15 is 0 Å². The minimum absolute atomic E-state index is 0.152. The second-order valence-electron chi connectivity index (χ2n) is 3.50. The fourth-order valence-corrected chi connectivity index (χ4v) is 1.51. The van der Waals surface area contributed by atoms with Gasteiger partial charge in [0.15, 0.2) is 0 Å². The van der Waals surface area contributed by atoms with Crippen LogP contribution in [0.2, 0.25) is 0 Å². The maximum atomic E-state index is 8.77. The molecule has 3 heteroatoms. The number of aliphatic imine (C=N–C) groups is 1. The molecule has 0 spiro atoms. The Kier molecular flexibility index (Phi) is 3.91. The normalized spacial score (nSPS) is 18.6. The molecular formula is C11H13ClN2. The van der Waals surface area contributed by atoms with Crippen molar-refractivity contribution in [3.05, 3.63) is 23.4 Å². The molecule has 1 fully saturated rings. The largest absolute Gasteiger partial charge is 0.226 e. The molecule has 1 saturated carbocycles. The Morgan fingerprint density at radius 1 is 1.64 bits per heavy atom. The van der Waals surface area contributed by atoms with E-state index in [9.17, 15) is 0 Å². The van der Waals surface area contributed by atoms with Gasteiger partial charge in [-0.15, -0.1) is 0 Å². The third-order valence-corrected chi connectivity index (χ3v) is 2.55. The smallest absolute Gasteiger partial charge is 0.142 e. The first-order valence-electron chi connectivity index (χ1n) is 4.65. The number of halogens is 1. The molecule has 14 heavy (non-hydrogen) atoms. The maximum Gasteiger partial charge on any atom is 0.142 e. The fraction of sp³-hybridized carbons (Fsp3) is 0.455. The Labute approximate surface area is 89.6 Å². The minimum Gasteiger partial charge on any atom is -0.226 e. The van der Waals surface area contributed by atoms with Crippen LogP contribution in [0.25, 0.3) is 0 Å². The van der Waals surface area contributed by atoms with Gasteiger partial charge in [0.25, 0.3) is 0 Å². The summed E-state index contributed by atoms with van der Waals surface area (Å²) in [5.74, 6) is 0.636. The Balaban J connectivity index is 2.72. The van der Waals surface area contributed by atoms with E-state index in [4.69, 9.17) is 16.9 Å². The van der Waals surface area contributed by atoms with Crippen LogP contribution in [0.15, 0.2) is 28.4 Å². The number of nitrogens with zero attached hydrogens (tertiary/aromatic N) is 2. The molecule has 2 nitrogen and oxygen atoms in total. The van der Waals surface area contributed by atoms with Gasteiger partial charge in [-0.25, -0.2) is 4.99 Å². The monoisotopic (exact) mass is 208 g/mol. The zero-order valence-corrected chi connectivity index (χ0v) is 9.01. The molecule has 0 radical (unpaired) electrons. The van der Waals surface area contributed by atoms with Crippen LogP contribution >= 0.6 is 11.6 Å². The molecule has 0 amide bonds. The van der Waals surface area contributed by atoms with Gasteiger partial charge in [0, 0.05) is 0 Å². The third-order valence-electron chi connectivity index (χ3n) is 2.47. The molecule has 0 aromatic carbocycles. The quantitative estimate of drug-likeness (QED) is 0.517. The van der Waals surface area contributed by atoms with Crippen molar-refractivity contribution in [3.63, 3.8) is 0 Å². The molecule has 0 N–H and O–H groups in total. The van der Waals surface area contributed by atoms with Crippen molar-refractivity contribution in [2.75, 3.05) is 0 Å². The van der Waals surface area contributed by atoms with E-state index in [1.54, 1.807) is 6.08 Å². The summed E-state index contributed by atoms with van der Waals surface area (Å²) in [5, 5.41) is 8.92. The predicted molar refractivity (Wildman–Crippen MR) is 59.1 cm³/mol. The van der Waals surface area contributed by atoms with E-state index in [0.29, 0.717) is 11.6 Å². The lowest BCUT2D eigenvalue weighted by molar-refractivity contribution is 0.368. The van der Waals surface area contributed by atoms with Crippen molar-refractivity contribution in [2.45, 2.75) is 26.2 Å². The van der Waals surface area contributed by atoms with Gasteiger partial charge in [-0.1, -0.05) is 30.2 Å². The van der Waals surface area contributed by atoms with E-state index in [-0.39, 0.29) is 5.16 Å². The van der Waals surface area contributed by atoms with Gasteiger partial charge in [0.05, 0.1) is 0 Å².